The summed E-state index contributed by atoms with van der Waals surface area (Å²) in [6, 6.07) is -0.924. The van der Waals surface area contributed by atoms with Gasteiger partial charge in [0.25, 0.3) is 0 Å². The zero-order chi connectivity index (χ0) is 14.6. The van der Waals surface area contributed by atoms with E-state index in [0.29, 0.717) is 19.4 Å². The summed E-state index contributed by atoms with van der Waals surface area (Å²) < 4.78 is 0. The number of rotatable bonds is 5. The summed E-state index contributed by atoms with van der Waals surface area (Å²) in [5.41, 5.74) is 4.61. The predicted octanol–water partition coefficient (Wildman–Crippen LogP) is 0.289. The van der Waals surface area contributed by atoms with E-state index in [2.05, 4.69) is 5.32 Å². The Morgan fingerprint density at radius 2 is 2.05 bits per heavy atom. The van der Waals surface area contributed by atoms with E-state index in [0.717, 1.165) is 6.42 Å². The highest BCUT2D eigenvalue weighted by Gasteiger charge is 2.34. The fraction of sp³-hybridized carbons (Fsp3) is 0.750. The number of carbonyl (C=O) groups excluding carboxylic acids is 2. The third-order valence-corrected chi connectivity index (χ3v) is 3.25. The van der Waals surface area contributed by atoms with Gasteiger partial charge in [-0.05, 0) is 33.1 Å². The minimum Gasteiger partial charge on any atom is -0.481 e. The number of nitrogens with zero attached hydrogens (tertiary/aromatic N) is 1. The number of hydrogen-bond donors (Lipinski definition) is 3. The predicted molar refractivity (Wildman–Crippen MR) is 68.4 cm³/mol. The molecule has 108 valence electrons. The molecule has 7 nitrogen and oxygen atoms in total. The van der Waals surface area contributed by atoms with Gasteiger partial charge in [-0.25, -0.2) is 4.79 Å². The third-order valence-electron chi connectivity index (χ3n) is 3.25. The van der Waals surface area contributed by atoms with Crippen LogP contribution >= 0.6 is 0 Å². The molecule has 0 saturated carbocycles. The molecule has 0 aromatic rings. The first-order valence-corrected chi connectivity index (χ1v) is 6.33. The van der Waals surface area contributed by atoms with Crippen molar-refractivity contribution in [1.82, 2.24) is 10.2 Å². The molecular weight excluding hydrogens is 250 g/mol. The molecule has 3 amide bonds. The molecule has 0 aromatic carbocycles. The summed E-state index contributed by atoms with van der Waals surface area (Å²) in [7, 11) is 0. The molecule has 7 heteroatoms. The van der Waals surface area contributed by atoms with Crippen LogP contribution < -0.4 is 11.1 Å². The van der Waals surface area contributed by atoms with Crippen molar-refractivity contribution < 1.29 is 19.5 Å². The SMILES string of the molecule is CC(C)(CCC(=O)O)NC(=O)N1CCCC1C(N)=O. The van der Waals surface area contributed by atoms with Gasteiger partial charge in [0.1, 0.15) is 6.04 Å². The minimum absolute atomic E-state index is 0.0213. The van der Waals surface area contributed by atoms with Crippen molar-refractivity contribution >= 4 is 17.9 Å². The van der Waals surface area contributed by atoms with Gasteiger partial charge >= 0.3 is 12.0 Å². The zero-order valence-corrected chi connectivity index (χ0v) is 11.3. The lowest BCUT2D eigenvalue weighted by atomic mass is 9.99. The minimum atomic E-state index is -0.904. The number of amides is 3. The fourth-order valence-corrected chi connectivity index (χ4v) is 2.15. The van der Waals surface area contributed by atoms with Gasteiger partial charge in [0.2, 0.25) is 5.91 Å². The highest BCUT2D eigenvalue weighted by atomic mass is 16.4. The van der Waals surface area contributed by atoms with E-state index in [9.17, 15) is 14.4 Å². The van der Waals surface area contributed by atoms with Gasteiger partial charge in [-0.2, -0.15) is 0 Å². The maximum atomic E-state index is 12.1. The van der Waals surface area contributed by atoms with Gasteiger partial charge in [-0.1, -0.05) is 0 Å². The van der Waals surface area contributed by atoms with Crippen LogP contribution in [-0.4, -0.2) is 46.0 Å². The number of carboxylic acid groups (broad SMARTS) is 1. The molecule has 1 atom stereocenters. The summed E-state index contributed by atoms with van der Waals surface area (Å²) in [5, 5.41) is 11.4. The number of carbonyl (C=O) groups is 3. The summed E-state index contributed by atoms with van der Waals surface area (Å²) >= 11 is 0. The van der Waals surface area contributed by atoms with Crippen LogP contribution in [0.5, 0.6) is 0 Å². The van der Waals surface area contributed by atoms with Crippen molar-refractivity contribution in [1.29, 1.82) is 0 Å². The molecule has 0 aliphatic carbocycles. The Morgan fingerprint density at radius 3 is 2.58 bits per heavy atom. The van der Waals surface area contributed by atoms with Crippen molar-refractivity contribution in [2.45, 2.75) is 51.1 Å². The van der Waals surface area contributed by atoms with Crippen LogP contribution in [0, 0.1) is 0 Å². The maximum absolute atomic E-state index is 12.1. The first kappa shape index (κ1) is 15.3. The number of primary amides is 1. The molecule has 1 rings (SSSR count). The second-order valence-electron chi connectivity index (χ2n) is 5.46. The van der Waals surface area contributed by atoms with Gasteiger partial charge in [0.15, 0.2) is 0 Å². The van der Waals surface area contributed by atoms with E-state index in [1.807, 2.05) is 0 Å². The van der Waals surface area contributed by atoms with E-state index >= 15 is 0 Å². The van der Waals surface area contributed by atoms with Gasteiger partial charge in [0.05, 0.1) is 0 Å². The quantitative estimate of drug-likeness (QED) is 0.667. The molecule has 1 fully saturated rings. The van der Waals surface area contributed by atoms with Crippen LogP contribution in [0.15, 0.2) is 0 Å². The lowest BCUT2D eigenvalue weighted by Gasteiger charge is -2.30. The number of nitrogens with one attached hydrogen (secondary N) is 1. The lowest BCUT2D eigenvalue weighted by molar-refractivity contribution is -0.137. The van der Waals surface area contributed by atoms with E-state index in [1.165, 1.54) is 4.90 Å². The topological polar surface area (TPSA) is 113 Å². The third kappa shape index (κ3) is 4.42. The number of nitrogens with two attached hydrogens (primary N) is 1. The number of hydrogen-bond acceptors (Lipinski definition) is 3. The van der Waals surface area contributed by atoms with Crippen molar-refractivity contribution in [2.75, 3.05) is 6.54 Å². The normalized spacial score (nSPS) is 19.3. The van der Waals surface area contributed by atoms with Crippen molar-refractivity contribution in [3.05, 3.63) is 0 Å². The van der Waals surface area contributed by atoms with E-state index in [-0.39, 0.29) is 12.5 Å². The molecule has 0 aromatic heterocycles. The van der Waals surface area contributed by atoms with Gasteiger partial charge in [-0.15, -0.1) is 0 Å². The number of carboxylic acids is 1. The molecule has 19 heavy (non-hydrogen) atoms. The molecule has 1 aliphatic rings. The average molecular weight is 271 g/mol. The first-order chi connectivity index (χ1) is 8.73. The number of urea groups is 1. The van der Waals surface area contributed by atoms with E-state index < -0.39 is 23.5 Å². The van der Waals surface area contributed by atoms with Crippen LogP contribution in [0.1, 0.15) is 39.5 Å². The molecule has 1 unspecified atom stereocenters. The van der Waals surface area contributed by atoms with Crippen LogP contribution in [0.2, 0.25) is 0 Å². The van der Waals surface area contributed by atoms with Crippen molar-refractivity contribution in [2.24, 2.45) is 5.73 Å². The van der Waals surface area contributed by atoms with Gasteiger partial charge < -0.3 is 21.1 Å². The van der Waals surface area contributed by atoms with Crippen LogP contribution in [0.4, 0.5) is 4.79 Å². The van der Waals surface area contributed by atoms with Crippen molar-refractivity contribution in [3.63, 3.8) is 0 Å². The highest BCUT2D eigenvalue weighted by molar-refractivity contribution is 5.86. The number of aliphatic carboxylic acids is 1. The van der Waals surface area contributed by atoms with Crippen LogP contribution in [-0.2, 0) is 9.59 Å². The standard InChI is InChI=1S/C12H21N3O4/c1-12(2,6-5-9(16)17)14-11(19)15-7-3-4-8(15)10(13)18/h8H,3-7H2,1-2H3,(H2,13,18)(H,14,19)(H,16,17). The molecule has 0 radical (unpaired) electrons. The van der Waals surface area contributed by atoms with E-state index in [1.54, 1.807) is 13.8 Å². The summed E-state index contributed by atoms with van der Waals surface area (Å²) in [6.45, 7) is 4.00. The Hall–Kier alpha value is -1.79. The maximum Gasteiger partial charge on any atom is 0.318 e. The molecule has 1 aliphatic heterocycles. The highest BCUT2D eigenvalue weighted by Crippen LogP contribution is 2.19. The molecule has 1 saturated heterocycles. The summed E-state index contributed by atoms with van der Waals surface area (Å²) in [6.07, 6.45) is 1.63. The Bertz CT molecular complexity index is 381. The van der Waals surface area contributed by atoms with Crippen molar-refractivity contribution in [3.8, 4) is 0 Å². The van der Waals surface area contributed by atoms with Gasteiger partial charge in [0, 0.05) is 18.5 Å². The second-order valence-corrected chi connectivity index (χ2v) is 5.46. The molecule has 4 N–H and O–H groups in total. The Labute approximate surface area is 112 Å². The van der Waals surface area contributed by atoms with E-state index in [4.69, 9.17) is 10.8 Å². The Balaban J connectivity index is 2.58. The second kappa shape index (κ2) is 5.90. The molecule has 1 heterocycles. The smallest absolute Gasteiger partial charge is 0.318 e. The van der Waals surface area contributed by atoms with Gasteiger partial charge in [-0.3, -0.25) is 9.59 Å². The molecule has 0 spiro atoms. The first-order valence-electron chi connectivity index (χ1n) is 6.33. The largest absolute Gasteiger partial charge is 0.481 e. The number of likely N-dealkylation sites (tertiary alicyclic amines) is 1. The molecular formula is C12H21N3O4. The average Bonchev–Trinajstić information content (AvgIpc) is 2.75. The summed E-state index contributed by atoms with van der Waals surface area (Å²) in [5.74, 6) is -1.41. The Morgan fingerprint density at radius 1 is 1.42 bits per heavy atom. The monoisotopic (exact) mass is 271 g/mol. The lowest BCUT2D eigenvalue weighted by Crippen LogP contribution is -2.53. The summed E-state index contributed by atoms with van der Waals surface area (Å²) in [4.78, 5) is 35.3. The zero-order valence-electron chi connectivity index (χ0n) is 11.3. The fourth-order valence-electron chi connectivity index (χ4n) is 2.15. The Kier molecular flexibility index (Phi) is 4.74. The van der Waals surface area contributed by atoms with Crippen LogP contribution in [0.3, 0.4) is 0 Å². The van der Waals surface area contributed by atoms with Crippen LogP contribution in [0.25, 0.3) is 0 Å². The molecule has 0 bridgehead atoms.